The zero-order valence-corrected chi connectivity index (χ0v) is 20.6. The zero-order valence-electron chi connectivity index (χ0n) is 17.3. The standard InChI is InChI=1S/C23H24O4S4/c1-16(26-20(24)14-30-22(28)18-9-5-3-6-10-18)13-17(2)27-21(25)15-31-23(29)19-11-7-4-8-12-19/h3-12,16-17H,13-15H2,1-2H3. The van der Waals surface area contributed by atoms with Crippen molar-refractivity contribution in [1.82, 2.24) is 0 Å². The van der Waals surface area contributed by atoms with Crippen molar-refractivity contribution in [2.45, 2.75) is 32.5 Å². The van der Waals surface area contributed by atoms with Crippen molar-refractivity contribution in [3.05, 3.63) is 71.8 Å². The third kappa shape index (κ3) is 9.95. The van der Waals surface area contributed by atoms with Crippen molar-refractivity contribution in [1.29, 1.82) is 0 Å². The van der Waals surface area contributed by atoms with Gasteiger partial charge in [0.15, 0.2) is 0 Å². The van der Waals surface area contributed by atoms with E-state index in [1.807, 2.05) is 60.7 Å². The fourth-order valence-corrected chi connectivity index (χ4v) is 4.51. The van der Waals surface area contributed by atoms with Gasteiger partial charge in [-0.2, -0.15) is 0 Å². The molecule has 0 aliphatic heterocycles. The molecule has 164 valence electrons. The molecule has 8 heteroatoms. The summed E-state index contributed by atoms with van der Waals surface area (Å²) in [7, 11) is 0. The lowest BCUT2D eigenvalue weighted by atomic mass is 10.2. The van der Waals surface area contributed by atoms with Crippen LogP contribution in [-0.2, 0) is 19.1 Å². The number of carbonyl (C=O) groups is 2. The first kappa shape index (κ1) is 25.5. The molecule has 4 nitrogen and oxygen atoms in total. The molecule has 2 unspecified atom stereocenters. The maximum absolute atomic E-state index is 12.1. The number of thioether (sulfide) groups is 2. The number of rotatable bonds is 10. The number of ether oxygens (including phenoxy) is 2. The van der Waals surface area contributed by atoms with Gasteiger partial charge in [-0.1, -0.05) is 85.1 Å². The first-order chi connectivity index (χ1) is 14.8. The van der Waals surface area contributed by atoms with Crippen LogP contribution in [0.15, 0.2) is 60.7 Å². The second kappa shape index (κ2) is 13.6. The number of benzene rings is 2. The van der Waals surface area contributed by atoms with Crippen LogP contribution in [0.4, 0.5) is 0 Å². The van der Waals surface area contributed by atoms with Gasteiger partial charge in [0.05, 0.1) is 19.9 Å². The second-order valence-corrected chi connectivity index (χ2v) is 10.0. The van der Waals surface area contributed by atoms with Gasteiger partial charge in [-0.05, 0) is 25.0 Å². The number of thiocarbonyl (C=S) groups is 2. The van der Waals surface area contributed by atoms with Gasteiger partial charge in [0.2, 0.25) is 0 Å². The van der Waals surface area contributed by atoms with E-state index in [1.165, 1.54) is 23.5 Å². The van der Waals surface area contributed by atoms with Gasteiger partial charge in [-0.25, -0.2) is 0 Å². The molecule has 0 N–H and O–H groups in total. The summed E-state index contributed by atoms with van der Waals surface area (Å²) in [4.78, 5) is 24.2. The van der Waals surface area contributed by atoms with Gasteiger partial charge in [0.25, 0.3) is 0 Å². The van der Waals surface area contributed by atoms with E-state index in [0.29, 0.717) is 14.8 Å². The lowest BCUT2D eigenvalue weighted by Gasteiger charge is -2.18. The number of hydrogen-bond donors (Lipinski definition) is 0. The molecule has 31 heavy (non-hydrogen) atoms. The van der Waals surface area contributed by atoms with E-state index in [1.54, 1.807) is 13.8 Å². The molecule has 0 aliphatic carbocycles. The minimum atomic E-state index is -0.376. The van der Waals surface area contributed by atoms with Crippen molar-refractivity contribution < 1.29 is 19.1 Å². The SMILES string of the molecule is CC(CC(C)OC(=O)CSC(=S)c1ccccc1)OC(=O)CSC(=S)c1ccccc1. The van der Waals surface area contributed by atoms with Gasteiger partial charge in [0.1, 0.15) is 12.2 Å². The number of hydrogen-bond acceptors (Lipinski definition) is 8. The molecular weight excluding hydrogens is 469 g/mol. The van der Waals surface area contributed by atoms with Gasteiger partial charge in [-0.3, -0.25) is 9.59 Å². The quantitative estimate of drug-likeness (QED) is 0.320. The minimum Gasteiger partial charge on any atom is -0.462 e. The molecule has 0 aromatic heterocycles. The Hall–Kier alpha value is -1.74. The van der Waals surface area contributed by atoms with Crippen LogP contribution >= 0.6 is 48.0 Å². The van der Waals surface area contributed by atoms with Crippen molar-refractivity contribution in [3.63, 3.8) is 0 Å². The zero-order chi connectivity index (χ0) is 22.6. The summed E-state index contributed by atoms with van der Waals surface area (Å²) < 4.78 is 12.1. The van der Waals surface area contributed by atoms with E-state index in [0.717, 1.165) is 11.1 Å². The average molecular weight is 493 g/mol. The second-order valence-electron chi connectivity index (χ2n) is 6.72. The maximum atomic E-state index is 12.1. The third-order valence-electron chi connectivity index (χ3n) is 3.99. The van der Waals surface area contributed by atoms with Crippen LogP contribution in [0.5, 0.6) is 0 Å². The Morgan fingerprint density at radius 2 is 1.10 bits per heavy atom. The fraction of sp³-hybridized carbons (Fsp3) is 0.304. The van der Waals surface area contributed by atoms with Crippen LogP contribution in [0.2, 0.25) is 0 Å². The van der Waals surface area contributed by atoms with E-state index >= 15 is 0 Å². The van der Waals surface area contributed by atoms with Gasteiger partial charge in [0, 0.05) is 6.42 Å². The number of carbonyl (C=O) groups excluding carboxylic acids is 2. The predicted octanol–water partition coefficient (Wildman–Crippen LogP) is 5.46. The highest BCUT2D eigenvalue weighted by Gasteiger charge is 2.18. The van der Waals surface area contributed by atoms with E-state index < -0.39 is 0 Å². The maximum Gasteiger partial charge on any atom is 0.316 e. The van der Waals surface area contributed by atoms with Crippen molar-refractivity contribution in [2.24, 2.45) is 0 Å². The topological polar surface area (TPSA) is 52.6 Å². The summed E-state index contributed by atoms with van der Waals surface area (Å²) in [6.07, 6.45) is -0.336. The molecule has 0 amide bonds. The largest absolute Gasteiger partial charge is 0.462 e. The fourth-order valence-electron chi connectivity index (χ4n) is 2.64. The molecule has 2 aromatic carbocycles. The molecule has 0 radical (unpaired) electrons. The molecular formula is C23H24O4S4. The van der Waals surface area contributed by atoms with Crippen LogP contribution in [0.3, 0.4) is 0 Å². The van der Waals surface area contributed by atoms with Crippen LogP contribution in [0.25, 0.3) is 0 Å². The Balaban J connectivity index is 1.64. The van der Waals surface area contributed by atoms with Crippen LogP contribution < -0.4 is 0 Å². The molecule has 2 atom stereocenters. The molecule has 0 fully saturated rings. The molecule has 0 aliphatic rings. The molecule has 2 aromatic rings. The van der Waals surface area contributed by atoms with Gasteiger partial charge in [-0.15, -0.1) is 23.5 Å². The number of esters is 2. The van der Waals surface area contributed by atoms with Crippen LogP contribution in [0.1, 0.15) is 31.4 Å². The molecule has 0 saturated carbocycles. The highest BCUT2D eigenvalue weighted by atomic mass is 32.2. The molecule has 2 rings (SSSR count). The van der Waals surface area contributed by atoms with E-state index in [9.17, 15) is 9.59 Å². The predicted molar refractivity (Wildman–Crippen MR) is 137 cm³/mol. The highest BCUT2D eigenvalue weighted by molar-refractivity contribution is 8.24. The van der Waals surface area contributed by atoms with E-state index in [2.05, 4.69) is 0 Å². The third-order valence-corrected chi connectivity index (χ3v) is 6.92. The molecule has 0 heterocycles. The average Bonchev–Trinajstić information content (AvgIpc) is 2.76. The van der Waals surface area contributed by atoms with Gasteiger partial charge >= 0.3 is 11.9 Å². The first-order valence-electron chi connectivity index (χ1n) is 9.68. The summed E-state index contributed by atoms with van der Waals surface area (Å²) in [5.74, 6) is -0.421. The Labute approximate surface area is 202 Å². The lowest BCUT2D eigenvalue weighted by molar-refractivity contribution is -0.150. The van der Waals surface area contributed by atoms with E-state index in [4.69, 9.17) is 33.9 Å². The Bertz CT molecular complexity index is 813. The van der Waals surface area contributed by atoms with Gasteiger partial charge < -0.3 is 9.47 Å². The summed E-state index contributed by atoms with van der Waals surface area (Å²) in [5, 5.41) is 0. The van der Waals surface area contributed by atoms with E-state index in [-0.39, 0.29) is 35.7 Å². The molecule has 0 bridgehead atoms. The van der Waals surface area contributed by atoms with Crippen LogP contribution in [0, 0.1) is 0 Å². The van der Waals surface area contributed by atoms with Crippen LogP contribution in [-0.4, -0.2) is 44.0 Å². The summed E-state index contributed by atoms with van der Waals surface area (Å²) in [6.45, 7) is 3.56. The first-order valence-corrected chi connectivity index (χ1v) is 12.5. The Morgan fingerprint density at radius 1 is 0.742 bits per heavy atom. The normalized spacial score (nSPS) is 12.5. The highest BCUT2D eigenvalue weighted by Crippen LogP contribution is 2.17. The summed E-state index contributed by atoms with van der Waals surface area (Å²) >= 11 is 13.2. The van der Waals surface area contributed by atoms with Crippen molar-refractivity contribution in [3.8, 4) is 0 Å². The summed E-state index contributed by atoms with van der Waals surface area (Å²) in [5.41, 5.74) is 1.82. The molecule has 0 spiro atoms. The Morgan fingerprint density at radius 3 is 1.45 bits per heavy atom. The monoisotopic (exact) mass is 492 g/mol. The lowest BCUT2D eigenvalue weighted by Crippen LogP contribution is -2.25. The minimum absolute atomic E-state index is 0.139. The summed E-state index contributed by atoms with van der Waals surface area (Å²) in [6, 6.07) is 19.1. The van der Waals surface area contributed by atoms with Crippen molar-refractivity contribution >= 4 is 68.3 Å². The molecule has 0 saturated heterocycles. The van der Waals surface area contributed by atoms with Crippen molar-refractivity contribution in [2.75, 3.05) is 11.5 Å². The smallest absolute Gasteiger partial charge is 0.316 e. The Kier molecular flexibility index (Phi) is 11.2.